The van der Waals surface area contributed by atoms with Crippen LogP contribution in [0.1, 0.15) is 22.6 Å². The molecule has 5 heteroatoms. The Morgan fingerprint density at radius 3 is 2.27 bits per heavy atom. The fraction of sp³-hybridized carbons (Fsp3) is 0.238. The highest BCUT2D eigenvalue weighted by molar-refractivity contribution is 6.03. The second-order valence-electron chi connectivity index (χ2n) is 6.22. The first-order chi connectivity index (χ1) is 12.5. The molecule has 0 amide bonds. The van der Waals surface area contributed by atoms with Gasteiger partial charge in [0.25, 0.3) is 0 Å². The Labute approximate surface area is 151 Å². The molecule has 134 valence electrons. The maximum absolute atomic E-state index is 13.1. The number of allylic oxidation sites excluding steroid dienone is 1. The van der Waals surface area contributed by atoms with Gasteiger partial charge in [-0.3, -0.25) is 9.59 Å². The summed E-state index contributed by atoms with van der Waals surface area (Å²) in [5.41, 5.74) is 1.07. The molecule has 26 heavy (non-hydrogen) atoms. The topological polar surface area (TPSA) is 52.6 Å². The van der Waals surface area contributed by atoms with Crippen LogP contribution in [0, 0.1) is 11.2 Å². The average molecular weight is 354 g/mol. The smallest absolute Gasteiger partial charge is 0.324 e. The molecule has 0 N–H and O–H groups in total. The van der Waals surface area contributed by atoms with Crippen LogP contribution >= 0.6 is 0 Å². The van der Waals surface area contributed by atoms with Crippen molar-refractivity contribution >= 4 is 18.0 Å². The minimum Gasteiger partial charge on any atom is -0.468 e. The molecule has 2 aromatic rings. The quantitative estimate of drug-likeness (QED) is 0.623. The van der Waals surface area contributed by atoms with Crippen LogP contribution in [-0.4, -0.2) is 26.2 Å². The van der Waals surface area contributed by atoms with Crippen LogP contribution in [0.15, 0.2) is 54.6 Å². The van der Waals surface area contributed by atoms with E-state index < -0.39 is 23.3 Å². The normalized spacial score (nSPS) is 17.7. The summed E-state index contributed by atoms with van der Waals surface area (Å²) in [4.78, 5) is 25.3. The minimum absolute atomic E-state index is 0.209. The highest BCUT2D eigenvalue weighted by Gasteiger charge is 2.58. The summed E-state index contributed by atoms with van der Waals surface area (Å²) < 4.78 is 23.0. The third kappa shape index (κ3) is 2.90. The van der Waals surface area contributed by atoms with Gasteiger partial charge in [0, 0.05) is 12.3 Å². The third-order valence-corrected chi connectivity index (χ3v) is 4.84. The van der Waals surface area contributed by atoms with Crippen LogP contribution in [-0.2, 0) is 25.5 Å². The van der Waals surface area contributed by atoms with Gasteiger partial charge in [-0.15, -0.1) is 0 Å². The minimum atomic E-state index is -1.47. The summed E-state index contributed by atoms with van der Waals surface area (Å²) in [5, 5.41) is 0. The molecular weight excluding hydrogens is 335 g/mol. The van der Waals surface area contributed by atoms with Crippen molar-refractivity contribution < 1.29 is 23.5 Å². The molecule has 3 rings (SSSR count). The number of esters is 2. The third-order valence-electron chi connectivity index (χ3n) is 4.84. The number of rotatable bonds is 4. The lowest BCUT2D eigenvalue weighted by molar-refractivity contribution is -0.169. The van der Waals surface area contributed by atoms with Gasteiger partial charge < -0.3 is 9.47 Å². The first-order valence-corrected chi connectivity index (χ1v) is 8.21. The second-order valence-corrected chi connectivity index (χ2v) is 6.22. The number of methoxy groups -OCH3 is 2. The van der Waals surface area contributed by atoms with E-state index in [-0.39, 0.29) is 12.2 Å². The lowest BCUT2D eigenvalue weighted by Crippen LogP contribution is -2.44. The number of hydrogen-bond donors (Lipinski definition) is 0. The van der Waals surface area contributed by atoms with Crippen molar-refractivity contribution in [2.75, 3.05) is 14.2 Å². The number of ether oxygens (including phenoxy) is 2. The predicted molar refractivity (Wildman–Crippen MR) is 94.8 cm³/mol. The van der Waals surface area contributed by atoms with Crippen molar-refractivity contribution in [1.82, 2.24) is 0 Å². The number of fused-ring (bicyclic) bond motifs is 1. The van der Waals surface area contributed by atoms with Crippen LogP contribution in [0.2, 0.25) is 0 Å². The van der Waals surface area contributed by atoms with Gasteiger partial charge in [-0.25, -0.2) is 4.39 Å². The Bertz CT molecular complexity index is 839. The molecule has 0 saturated heterocycles. The van der Waals surface area contributed by atoms with Crippen LogP contribution in [0.3, 0.4) is 0 Å². The SMILES string of the molecule is COC(=O)C1(C(=O)OC)Cc2ccccc2C1/C=C/c1ccc(F)cc1. The van der Waals surface area contributed by atoms with E-state index in [1.165, 1.54) is 26.4 Å². The van der Waals surface area contributed by atoms with Gasteiger partial charge >= 0.3 is 11.9 Å². The maximum atomic E-state index is 13.1. The van der Waals surface area contributed by atoms with E-state index in [1.807, 2.05) is 24.3 Å². The van der Waals surface area contributed by atoms with Crippen molar-refractivity contribution in [3.8, 4) is 0 Å². The van der Waals surface area contributed by atoms with E-state index in [1.54, 1.807) is 24.3 Å². The summed E-state index contributed by atoms with van der Waals surface area (Å²) in [6.45, 7) is 0. The number of carbonyl (C=O) groups excluding carboxylic acids is 2. The van der Waals surface area contributed by atoms with Crippen molar-refractivity contribution in [3.63, 3.8) is 0 Å². The molecule has 1 atom stereocenters. The van der Waals surface area contributed by atoms with Crippen molar-refractivity contribution in [3.05, 3.63) is 77.1 Å². The summed E-state index contributed by atoms with van der Waals surface area (Å²) in [6, 6.07) is 13.5. The van der Waals surface area contributed by atoms with Gasteiger partial charge in [0.05, 0.1) is 14.2 Å². The van der Waals surface area contributed by atoms with E-state index in [2.05, 4.69) is 0 Å². The molecular formula is C21H19FO4. The van der Waals surface area contributed by atoms with Crippen LogP contribution < -0.4 is 0 Å². The Morgan fingerprint density at radius 1 is 1.04 bits per heavy atom. The van der Waals surface area contributed by atoms with Gasteiger partial charge in [-0.2, -0.15) is 0 Å². The Kier molecular flexibility index (Phi) is 4.89. The average Bonchev–Trinajstić information content (AvgIpc) is 3.01. The van der Waals surface area contributed by atoms with Crippen LogP contribution in [0.25, 0.3) is 6.08 Å². The van der Waals surface area contributed by atoms with Crippen LogP contribution in [0.4, 0.5) is 4.39 Å². The molecule has 0 saturated carbocycles. The molecule has 0 radical (unpaired) electrons. The van der Waals surface area contributed by atoms with Gasteiger partial charge in [0.1, 0.15) is 5.82 Å². The molecule has 0 fully saturated rings. The Morgan fingerprint density at radius 2 is 1.65 bits per heavy atom. The first kappa shape index (κ1) is 17.9. The summed E-state index contributed by atoms with van der Waals surface area (Å²) >= 11 is 0. The van der Waals surface area contributed by atoms with Crippen LogP contribution in [0.5, 0.6) is 0 Å². The molecule has 0 bridgehead atoms. The highest BCUT2D eigenvalue weighted by Crippen LogP contribution is 2.50. The van der Waals surface area contributed by atoms with Crippen molar-refractivity contribution in [1.29, 1.82) is 0 Å². The Hall–Kier alpha value is -2.95. The van der Waals surface area contributed by atoms with E-state index in [4.69, 9.17) is 9.47 Å². The molecule has 0 heterocycles. The van der Waals surface area contributed by atoms with E-state index >= 15 is 0 Å². The van der Waals surface area contributed by atoms with E-state index in [0.29, 0.717) is 0 Å². The van der Waals surface area contributed by atoms with Crippen molar-refractivity contribution in [2.24, 2.45) is 5.41 Å². The first-order valence-electron chi connectivity index (χ1n) is 8.21. The van der Waals surface area contributed by atoms with E-state index in [0.717, 1.165) is 16.7 Å². The number of benzene rings is 2. The zero-order valence-corrected chi connectivity index (χ0v) is 14.6. The van der Waals surface area contributed by atoms with Gasteiger partial charge in [0.15, 0.2) is 5.41 Å². The monoisotopic (exact) mass is 354 g/mol. The summed E-state index contributed by atoms with van der Waals surface area (Å²) in [5.74, 6) is -2.13. The van der Waals surface area contributed by atoms with E-state index in [9.17, 15) is 14.0 Å². The maximum Gasteiger partial charge on any atom is 0.324 e. The zero-order valence-electron chi connectivity index (χ0n) is 14.6. The molecule has 0 spiro atoms. The molecule has 1 aliphatic rings. The van der Waals surface area contributed by atoms with Gasteiger partial charge in [-0.05, 0) is 28.8 Å². The lowest BCUT2D eigenvalue weighted by atomic mass is 9.75. The Balaban J connectivity index is 2.10. The number of carbonyl (C=O) groups is 2. The second kappa shape index (κ2) is 7.12. The largest absolute Gasteiger partial charge is 0.468 e. The molecule has 0 aliphatic heterocycles. The fourth-order valence-electron chi connectivity index (χ4n) is 3.57. The number of hydrogen-bond acceptors (Lipinski definition) is 4. The molecule has 2 aromatic carbocycles. The molecule has 4 nitrogen and oxygen atoms in total. The summed E-state index contributed by atoms with van der Waals surface area (Å²) in [6.07, 6.45) is 3.76. The summed E-state index contributed by atoms with van der Waals surface area (Å²) in [7, 11) is 2.52. The molecule has 0 aromatic heterocycles. The zero-order chi connectivity index (χ0) is 18.7. The molecule has 1 unspecified atom stereocenters. The van der Waals surface area contributed by atoms with Gasteiger partial charge in [0.2, 0.25) is 0 Å². The lowest BCUT2D eigenvalue weighted by Gasteiger charge is -2.28. The highest BCUT2D eigenvalue weighted by atomic mass is 19.1. The van der Waals surface area contributed by atoms with Gasteiger partial charge in [-0.1, -0.05) is 48.6 Å². The molecule has 1 aliphatic carbocycles. The fourth-order valence-corrected chi connectivity index (χ4v) is 3.57. The van der Waals surface area contributed by atoms with Crippen molar-refractivity contribution in [2.45, 2.75) is 12.3 Å². The predicted octanol–water partition coefficient (Wildman–Crippen LogP) is 3.51. The standard InChI is InChI=1S/C21H19FO4/c1-25-19(23)21(20(24)26-2)13-15-5-3-4-6-17(15)18(21)12-9-14-7-10-16(22)11-8-14/h3-12,18H,13H2,1-2H3/b12-9+. The number of halogens is 1.